The molecule has 5 amide bonds. The van der Waals surface area contributed by atoms with E-state index in [0.29, 0.717) is 5.06 Å². The number of carbonyl (C=O) groups is 8. The zero-order valence-electron chi connectivity index (χ0n) is 23.5. The number of hydrogen-bond donors (Lipinski definition) is 0. The van der Waals surface area contributed by atoms with Gasteiger partial charge in [-0.3, -0.25) is 34.1 Å². The van der Waals surface area contributed by atoms with Crippen LogP contribution in [0.1, 0.15) is 85.0 Å². The van der Waals surface area contributed by atoms with Gasteiger partial charge in [0.05, 0.1) is 24.5 Å². The highest BCUT2D eigenvalue weighted by Crippen LogP contribution is 2.33. The van der Waals surface area contributed by atoms with Crippen molar-refractivity contribution >= 4 is 47.4 Å². The molecule has 0 N–H and O–H groups in total. The summed E-state index contributed by atoms with van der Waals surface area (Å²) in [7, 11) is 0. The van der Waals surface area contributed by atoms with Gasteiger partial charge in [0.15, 0.2) is 0 Å². The molecule has 2 rings (SSSR count). The predicted octanol–water partition coefficient (Wildman–Crippen LogP) is 1.03. The van der Waals surface area contributed by atoms with Crippen molar-refractivity contribution in [2.75, 3.05) is 0 Å². The molecule has 17 heteroatoms. The molecule has 0 aromatic carbocycles. The van der Waals surface area contributed by atoms with Gasteiger partial charge in [-0.15, -0.1) is 15.2 Å². The second-order valence-electron chi connectivity index (χ2n) is 9.86. The first kappa shape index (κ1) is 33.5. The monoisotopic (exact) mass is 596 g/mol. The van der Waals surface area contributed by atoms with Crippen LogP contribution in [0.5, 0.6) is 0 Å². The molecule has 2 saturated heterocycles. The Bertz CT molecular complexity index is 1110. The fourth-order valence-corrected chi connectivity index (χ4v) is 4.18. The molecule has 0 bridgehead atoms. The van der Waals surface area contributed by atoms with E-state index in [9.17, 15) is 48.5 Å². The summed E-state index contributed by atoms with van der Waals surface area (Å²) in [5, 5.41) is 13.6. The Balaban J connectivity index is 2.23. The quantitative estimate of drug-likeness (QED) is 0.156. The second-order valence-corrected chi connectivity index (χ2v) is 9.86. The van der Waals surface area contributed by atoms with E-state index < -0.39 is 95.9 Å². The number of amides is 5. The highest BCUT2D eigenvalue weighted by molar-refractivity contribution is 6.02. The van der Waals surface area contributed by atoms with Gasteiger partial charge in [-0.25, -0.2) is 14.4 Å². The first-order valence-electron chi connectivity index (χ1n) is 13.1. The van der Waals surface area contributed by atoms with Gasteiger partial charge in [0.2, 0.25) is 5.54 Å². The van der Waals surface area contributed by atoms with Crippen LogP contribution in [0, 0.1) is 16.0 Å². The topological polar surface area (TPSA) is 217 Å². The van der Waals surface area contributed by atoms with Crippen molar-refractivity contribution in [2.24, 2.45) is 5.92 Å². The molecule has 17 nitrogen and oxygen atoms in total. The Morgan fingerprint density at radius 3 is 1.67 bits per heavy atom. The van der Waals surface area contributed by atoms with Gasteiger partial charge in [-0.05, 0) is 6.92 Å². The van der Waals surface area contributed by atoms with E-state index in [4.69, 9.17) is 14.5 Å². The van der Waals surface area contributed by atoms with Gasteiger partial charge in [-0.2, -0.15) is 0 Å². The Labute approximate surface area is 239 Å². The molecular weight excluding hydrogens is 564 g/mol. The van der Waals surface area contributed by atoms with Crippen LogP contribution in [0.2, 0.25) is 0 Å². The van der Waals surface area contributed by atoms with Crippen LogP contribution >= 0.6 is 0 Å². The first-order chi connectivity index (χ1) is 19.6. The molecule has 0 radical (unpaired) electrons. The van der Waals surface area contributed by atoms with Crippen LogP contribution in [0.3, 0.4) is 0 Å². The van der Waals surface area contributed by atoms with Crippen LogP contribution in [0.4, 0.5) is 0 Å². The SMILES string of the molecule is C=C(C)N(OC(=O)[C@@H](C)CC(CCC(=O)ON1C(=O)CCC1=O)(CCC(=O)ON1C(=O)CCC1=O)[N+](=O)[O-])C(=O)CC. The lowest BCUT2D eigenvalue weighted by atomic mass is 9.81. The summed E-state index contributed by atoms with van der Waals surface area (Å²) in [5.74, 6) is -8.27. The van der Waals surface area contributed by atoms with Crippen molar-refractivity contribution in [3.63, 3.8) is 0 Å². The summed E-state index contributed by atoms with van der Waals surface area (Å²) in [4.78, 5) is 123. The van der Waals surface area contributed by atoms with Gasteiger partial charge in [-0.1, -0.05) is 20.4 Å². The Hall–Kier alpha value is -4.70. The van der Waals surface area contributed by atoms with Crippen LogP contribution in [-0.4, -0.2) is 73.1 Å². The molecule has 0 aromatic rings. The number of nitrogens with zero attached hydrogens (tertiary/aromatic N) is 4. The zero-order valence-corrected chi connectivity index (χ0v) is 23.5. The maximum absolute atomic E-state index is 12.8. The summed E-state index contributed by atoms with van der Waals surface area (Å²) in [6, 6.07) is 0. The average molecular weight is 597 g/mol. The Morgan fingerprint density at radius 1 is 0.929 bits per heavy atom. The number of imide groups is 2. The molecule has 0 unspecified atom stereocenters. The van der Waals surface area contributed by atoms with Crippen LogP contribution in [-0.2, 0) is 52.9 Å². The molecule has 1 atom stereocenters. The van der Waals surface area contributed by atoms with Crippen molar-refractivity contribution < 1.29 is 57.8 Å². The molecule has 2 fully saturated rings. The van der Waals surface area contributed by atoms with Crippen molar-refractivity contribution in [3.8, 4) is 0 Å². The number of hydroxylamine groups is 6. The van der Waals surface area contributed by atoms with Gasteiger partial charge in [0, 0.05) is 56.3 Å². The molecule has 0 aliphatic carbocycles. The minimum Gasteiger partial charge on any atom is -0.333 e. The lowest BCUT2D eigenvalue weighted by Gasteiger charge is -2.28. The molecule has 2 aliphatic rings. The number of allylic oxidation sites excluding steroid dienone is 1. The van der Waals surface area contributed by atoms with E-state index in [1.165, 1.54) is 20.8 Å². The van der Waals surface area contributed by atoms with E-state index in [-0.39, 0.29) is 47.9 Å². The largest absolute Gasteiger partial charge is 0.336 e. The molecule has 2 aliphatic heterocycles. The van der Waals surface area contributed by atoms with E-state index in [2.05, 4.69) is 6.58 Å². The summed E-state index contributed by atoms with van der Waals surface area (Å²) < 4.78 is 0. The molecule has 0 saturated carbocycles. The third-order valence-corrected chi connectivity index (χ3v) is 6.52. The number of nitro groups is 1. The standard InChI is InChI=1S/C25H32N4O13/c1-5-17(30)26(15(2)3)42-24(37)16(4)14-25(29(38)39,12-10-22(35)40-27-18(31)6-7-19(27)32)13-11-23(36)41-28-20(33)8-9-21(28)34/h16H,2,5-14H2,1,3-4H3/t16-/m0/s1. The fourth-order valence-electron chi connectivity index (χ4n) is 4.18. The fraction of sp³-hybridized carbons (Fsp3) is 0.600. The van der Waals surface area contributed by atoms with Gasteiger partial charge in [0.1, 0.15) is 0 Å². The third-order valence-electron chi connectivity index (χ3n) is 6.52. The normalized spacial score (nSPS) is 15.9. The summed E-state index contributed by atoms with van der Waals surface area (Å²) in [6.45, 7) is 7.74. The number of rotatable bonds is 14. The van der Waals surface area contributed by atoms with E-state index in [1.807, 2.05) is 0 Å². The summed E-state index contributed by atoms with van der Waals surface area (Å²) in [5.41, 5.74) is -2.11. The van der Waals surface area contributed by atoms with Gasteiger partial charge < -0.3 is 14.5 Å². The minimum atomic E-state index is -2.18. The third kappa shape index (κ3) is 8.40. The number of carbonyl (C=O) groups excluding carboxylic acids is 8. The second kappa shape index (κ2) is 14.3. The lowest BCUT2D eigenvalue weighted by Crippen LogP contribution is -2.44. The summed E-state index contributed by atoms with van der Waals surface area (Å²) >= 11 is 0. The van der Waals surface area contributed by atoms with Crippen molar-refractivity contribution in [2.45, 2.75) is 90.5 Å². The Kier molecular flexibility index (Phi) is 11.4. The van der Waals surface area contributed by atoms with Crippen molar-refractivity contribution in [1.82, 2.24) is 15.2 Å². The molecule has 42 heavy (non-hydrogen) atoms. The van der Waals surface area contributed by atoms with E-state index in [0.717, 1.165) is 0 Å². The average Bonchev–Trinajstić information content (AvgIpc) is 3.42. The van der Waals surface area contributed by atoms with Crippen molar-refractivity contribution in [3.05, 3.63) is 22.4 Å². The molecule has 0 spiro atoms. The maximum Gasteiger partial charge on any atom is 0.336 e. The van der Waals surface area contributed by atoms with E-state index in [1.54, 1.807) is 0 Å². The van der Waals surface area contributed by atoms with Crippen LogP contribution in [0.25, 0.3) is 0 Å². The van der Waals surface area contributed by atoms with Crippen LogP contribution in [0.15, 0.2) is 12.3 Å². The highest BCUT2D eigenvalue weighted by Gasteiger charge is 2.47. The zero-order chi connectivity index (χ0) is 31.8. The minimum absolute atomic E-state index is 0.0401. The first-order valence-corrected chi connectivity index (χ1v) is 13.1. The molecule has 2 heterocycles. The smallest absolute Gasteiger partial charge is 0.333 e. The molecular formula is C25H32N4O13. The highest BCUT2D eigenvalue weighted by atomic mass is 16.7. The number of hydrogen-bond acceptors (Lipinski definition) is 13. The van der Waals surface area contributed by atoms with Gasteiger partial charge >= 0.3 is 17.9 Å². The van der Waals surface area contributed by atoms with E-state index >= 15 is 0 Å². The molecule has 0 aromatic heterocycles. The molecule has 230 valence electrons. The lowest BCUT2D eigenvalue weighted by molar-refractivity contribution is -0.575. The maximum atomic E-state index is 12.8. The summed E-state index contributed by atoms with van der Waals surface area (Å²) in [6.07, 6.45) is -3.98. The van der Waals surface area contributed by atoms with Crippen LogP contribution < -0.4 is 0 Å². The Morgan fingerprint density at radius 2 is 1.33 bits per heavy atom. The van der Waals surface area contributed by atoms with Gasteiger partial charge in [0.25, 0.3) is 29.5 Å². The predicted molar refractivity (Wildman–Crippen MR) is 134 cm³/mol. The van der Waals surface area contributed by atoms with Crippen molar-refractivity contribution in [1.29, 1.82) is 0 Å².